The smallest absolute Gasteiger partial charge is 0.293 e. The summed E-state index contributed by atoms with van der Waals surface area (Å²) in [5, 5.41) is 0.340. The molecular formula is C31H30ClNO5S. The van der Waals surface area contributed by atoms with Crippen molar-refractivity contribution in [3.8, 4) is 17.2 Å². The van der Waals surface area contributed by atoms with Gasteiger partial charge in [0, 0.05) is 10.6 Å². The van der Waals surface area contributed by atoms with Gasteiger partial charge in [-0.05, 0) is 85.6 Å². The molecule has 3 aromatic carbocycles. The van der Waals surface area contributed by atoms with E-state index in [9.17, 15) is 9.59 Å². The van der Waals surface area contributed by atoms with Gasteiger partial charge in [-0.15, -0.1) is 6.58 Å². The number of carbonyl (C=O) groups is 2. The summed E-state index contributed by atoms with van der Waals surface area (Å²) in [5.74, 6) is 1.52. The highest BCUT2D eigenvalue weighted by Gasteiger charge is 2.35. The standard InChI is InChI=1S/C31H30ClNO5S/c1-4-6-24-17-23(18-27(36-5-2)29(24)38-20-22-9-11-25(32)12-10-22)19-28-30(34)33(31(35)39-28)15-16-37-26-13-7-21(3)8-14-26/h4,7-14,17-19H,1,5-6,15-16,20H2,2-3H3/b28-19-. The summed E-state index contributed by atoms with van der Waals surface area (Å²) in [6.07, 6.45) is 4.03. The molecule has 1 aliphatic rings. The van der Waals surface area contributed by atoms with Crippen LogP contribution < -0.4 is 14.2 Å². The van der Waals surface area contributed by atoms with E-state index >= 15 is 0 Å². The third-order valence-electron chi connectivity index (χ3n) is 5.89. The summed E-state index contributed by atoms with van der Waals surface area (Å²) in [5.41, 5.74) is 3.69. The zero-order valence-electron chi connectivity index (χ0n) is 21.9. The summed E-state index contributed by atoms with van der Waals surface area (Å²) < 4.78 is 17.8. The van der Waals surface area contributed by atoms with Crippen molar-refractivity contribution in [2.24, 2.45) is 0 Å². The monoisotopic (exact) mass is 563 g/mol. The molecule has 0 unspecified atom stereocenters. The second kappa shape index (κ2) is 13.4. The number of hydrogen-bond acceptors (Lipinski definition) is 6. The molecule has 6 nitrogen and oxygen atoms in total. The Morgan fingerprint density at radius 3 is 2.44 bits per heavy atom. The largest absolute Gasteiger partial charge is 0.492 e. The second-order valence-corrected chi connectivity index (χ2v) is 10.3. The van der Waals surface area contributed by atoms with Crippen molar-refractivity contribution < 1.29 is 23.8 Å². The lowest BCUT2D eigenvalue weighted by atomic mass is 10.0. The molecular weight excluding hydrogens is 534 g/mol. The van der Waals surface area contributed by atoms with Gasteiger partial charge in [0.2, 0.25) is 0 Å². The van der Waals surface area contributed by atoms with Crippen LogP contribution in [0.5, 0.6) is 17.2 Å². The third kappa shape index (κ3) is 7.46. The van der Waals surface area contributed by atoms with E-state index in [2.05, 4.69) is 6.58 Å². The number of thioether (sulfide) groups is 1. The molecule has 4 rings (SSSR count). The molecule has 0 aromatic heterocycles. The number of carbonyl (C=O) groups excluding carboxylic acids is 2. The molecule has 3 aromatic rings. The van der Waals surface area contributed by atoms with Crippen molar-refractivity contribution in [2.75, 3.05) is 19.8 Å². The lowest BCUT2D eigenvalue weighted by molar-refractivity contribution is -0.123. The molecule has 0 aliphatic carbocycles. The predicted molar refractivity (Wildman–Crippen MR) is 157 cm³/mol. The third-order valence-corrected chi connectivity index (χ3v) is 7.05. The van der Waals surface area contributed by atoms with E-state index in [0.29, 0.717) is 46.8 Å². The number of nitrogens with zero attached hydrogens (tertiary/aromatic N) is 1. The van der Waals surface area contributed by atoms with Crippen LogP contribution in [-0.4, -0.2) is 35.8 Å². The molecule has 1 aliphatic heterocycles. The fraction of sp³-hybridized carbons (Fsp3) is 0.226. The first-order valence-corrected chi connectivity index (χ1v) is 13.8. The molecule has 0 radical (unpaired) electrons. The first-order valence-electron chi connectivity index (χ1n) is 12.6. The molecule has 8 heteroatoms. The Kier molecular flexibility index (Phi) is 9.74. The van der Waals surface area contributed by atoms with Crippen LogP contribution in [0.4, 0.5) is 4.79 Å². The van der Waals surface area contributed by atoms with E-state index < -0.39 is 0 Å². The summed E-state index contributed by atoms with van der Waals surface area (Å²) in [6, 6.07) is 18.8. The number of halogens is 1. The van der Waals surface area contributed by atoms with Crippen LogP contribution >= 0.6 is 23.4 Å². The van der Waals surface area contributed by atoms with Gasteiger partial charge < -0.3 is 14.2 Å². The van der Waals surface area contributed by atoms with Crippen LogP contribution in [0.25, 0.3) is 6.08 Å². The Hall–Kier alpha value is -3.68. The van der Waals surface area contributed by atoms with Gasteiger partial charge in [0.15, 0.2) is 11.5 Å². The minimum atomic E-state index is -0.344. The topological polar surface area (TPSA) is 65.1 Å². The number of hydrogen-bond donors (Lipinski definition) is 0. The summed E-state index contributed by atoms with van der Waals surface area (Å²) in [7, 11) is 0. The van der Waals surface area contributed by atoms with Crippen molar-refractivity contribution in [2.45, 2.75) is 26.9 Å². The van der Waals surface area contributed by atoms with E-state index in [-0.39, 0.29) is 24.3 Å². The summed E-state index contributed by atoms with van der Waals surface area (Å²) in [4.78, 5) is 27.2. The zero-order valence-corrected chi connectivity index (χ0v) is 23.5. The van der Waals surface area contributed by atoms with Crippen LogP contribution in [0.1, 0.15) is 29.2 Å². The van der Waals surface area contributed by atoms with Gasteiger partial charge in [-0.1, -0.05) is 47.5 Å². The molecule has 1 fully saturated rings. The van der Waals surface area contributed by atoms with Crippen molar-refractivity contribution in [3.05, 3.63) is 106 Å². The molecule has 1 heterocycles. The quantitative estimate of drug-likeness (QED) is 0.168. The molecule has 0 N–H and O–H groups in total. The van der Waals surface area contributed by atoms with Gasteiger partial charge in [0.05, 0.1) is 18.1 Å². The first kappa shape index (κ1) is 28.3. The maximum absolute atomic E-state index is 13.1. The minimum Gasteiger partial charge on any atom is -0.492 e. The van der Waals surface area contributed by atoms with Gasteiger partial charge >= 0.3 is 0 Å². The highest BCUT2D eigenvalue weighted by Crippen LogP contribution is 2.38. The highest BCUT2D eigenvalue weighted by molar-refractivity contribution is 8.18. The van der Waals surface area contributed by atoms with Crippen molar-refractivity contribution in [1.82, 2.24) is 4.90 Å². The normalized spacial score (nSPS) is 14.1. The number of benzene rings is 3. The Labute approximate surface area is 238 Å². The number of aryl methyl sites for hydroxylation is 1. The van der Waals surface area contributed by atoms with Gasteiger partial charge in [-0.2, -0.15) is 0 Å². The average molecular weight is 564 g/mol. The van der Waals surface area contributed by atoms with Crippen molar-refractivity contribution in [1.29, 1.82) is 0 Å². The van der Waals surface area contributed by atoms with Crippen molar-refractivity contribution in [3.63, 3.8) is 0 Å². The van der Waals surface area contributed by atoms with Gasteiger partial charge in [-0.25, -0.2) is 0 Å². The SMILES string of the molecule is C=CCc1cc(/C=C2\SC(=O)N(CCOc3ccc(C)cc3)C2=O)cc(OCC)c1OCc1ccc(Cl)cc1. The maximum atomic E-state index is 13.1. The maximum Gasteiger partial charge on any atom is 0.293 e. The number of ether oxygens (including phenoxy) is 3. The molecule has 39 heavy (non-hydrogen) atoms. The van der Waals surface area contributed by atoms with Crippen molar-refractivity contribution >= 4 is 40.6 Å². The number of rotatable bonds is 12. The molecule has 2 amide bonds. The molecule has 0 bridgehead atoms. The minimum absolute atomic E-state index is 0.166. The summed E-state index contributed by atoms with van der Waals surface area (Å²) in [6.45, 7) is 8.92. The molecule has 0 saturated carbocycles. The van der Waals surface area contributed by atoms with E-state index in [0.717, 1.165) is 34.0 Å². The molecule has 202 valence electrons. The van der Waals surface area contributed by atoms with E-state index in [1.807, 2.05) is 74.5 Å². The first-order chi connectivity index (χ1) is 18.9. The number of allylic oxidation sites excluding steroid dienone is 1. The number of amides is 2. The molecule has 0 spiro atoms. The fourth-order valence-corrected chi connectivity index (χ4v) is 4.96. The highest BCUT2D eigenvalue weighted by atomic mass is 35.5. The van der Waals surface area contributed by atoms with Gasteiger partial charge in [0.1, 0.15) is 19.0 Å². The lowest BCUT2D eigenvalue weighted by Gasteiger charge is -2.17. The van der Waals surface area contributed by atoms with E-state index in [1.165, 1.54) is 4.90 Å². The van der Waals surface area contributed by atoms with Crippen LogP contribution in [-0.2, 0) is 17.8 Å². The van der Waals surface area contributed by atoms with Crippen LogP contribution in [0.2, 0.25) is 5.02 Å². The predicted octanol–water partition coefficient (Wildman–Crippen LogP) is 7.47. The van der Waals surface area contributed by atoms with E-state index in [1.54, 1.807) is 12.2 Å². The number of imide groups is 1. The van der Waals surface area contributed by atoms with Gasteiger partial charge in [0.25, 0.3) is 11.1 Å². The fourth-order valence-electron chi connectivity index (χ4n) is 3.97. The van der Waals surface area contributed by atoms with Crippen LogP contribution in [0, 0.1) is 6.92 Å². The van der Waals surface area contributed by atoms with Gasteiger partial charge in [-0.3, -0.25) is 14.5 Å². The molecule has 0 atom stereocenters. The Balaban J connectivity index is 1.51. The second-order valence-electron chi connectivity index (χ2n) is 8.84. The van der Waals surface area contributed by atoms with E-state index in [4.69, 9.17) is 25.8 Å². The summed E-state index contributed by atoms with van der Waals surface area (Å²) >= 11 is 6.92. The Morgan fingerprint density at radius 1 is 1.00 bits per heavy atom. The van der Waals surface area contributed by atoms with Crippen LogP contribution in [0.3, 0.4) is 0 Å². The molecule has 1 saturated heterocycles. The zero-order chi connectivity index (χ0) is 27.8. The average Bonchev–Trinajstić information content (AvgIpc) is 3.18. The lowest BCUT2D eigenvalue weighted by Crippen LogP contribution is -2.32. The Bertz CT molecular complexity index is 1370. The Morgan fingerprint density at radius 2 is 1.74 bits per heavy atom. The van der Waals surface area contributed by atoms with Crippen LogP contribution in [0.15, 0.2) is 78.2 Å².